The van der Waals surface area contributed by atoms with Crippen LogP contribution >= 0.6 is 0 Å². The van der Waals surface area contributed by atoms with Crippen molar-refractivity contribution in [2.45, 2.75) is 116 Å². The monoisotopic (exact) mass is 906 g/mol. The van der Waals surface area contributed by atoms with E-state index in [0.717, 1.165) is 16.6 Å². The first-order valence-corrected chi connectivity index (χ1v) is 25.8. The molecule has 4 heteroatoms. The molecule has 0 fully saturated rings. The summed E-state index contributed by atoms with van der Waals surface area (Å²) in [6, 6.07) is 52.5. The van der Waals surface area contributed by atoms with Crippen LogP contribution in [0, 0.1) is 0 Å². The lowest BCUT2D eigenvalue weighted by Crippen LogP contribution is -2.60. The van der Waals surface area contributed by atoms with Crippen molar-refractivity contribution < 1.29 is 4.42 Å². The first kappa shape index (κ1) is 41.0. The van der Waals surface area contributed by atoms with Crippen molar-refractivity contribution in [1.29, 1.82) is 0 Å². The summed E-state index contributed by atoms with van der Waals surface area (Å²) < 4.78 is 9.30. The Kier molecular flexibility index (Phi) is 7.48. The van der Waals surface area contributed by atoms with E-state index >= 15 is 0 Å². The van der Waals surface area contributed by atoms with Gasteiger partial charge >= 0.3 is 6.85 Å². The Morgan fingerprint density at radius 2 is 1.11 bits per heavy atom. The van der Waals surface area contributed by atoms with E-state index in [1.165, 1.54) is 140 Å². The van der Waals surface area contributed by atoms with Gasteiger partial charge in [-0.25, -0.2) is 0 Å². The summed E-state index contributed by atoms with van der Waals surface area (Å²) in [4.78, 5) is 2.75. The largest absolute Gasteiger partial charge is 0.456 e. The molecular weight excluding hydrogens is 848 g/mol. The van der Waals surface area contributed by atoms with Crippen LogP contribution in [0.2, 0.25) is 0 Å². The number of para-hydroxylation sites is 1. The lowest BCUT2D eigenvalue weighted by Gasteiger charge is -2.43. The van der Waals surface area contributed by atoms with Crippen LogP contribution in [-0.2, 0) is 27.1 Å². The van der Waals surface area contributed by atoms with E-state index in [9.17, 15) is 0 Å². The number of fused-ring (bicyclic) bond motifs is 19. The highest BCUT2D eigenvalue weighted by molar-refractivity contribution is 6.93. The highest BCUT2D eigenvalue weighted by Crippen LogP contribution is 2.58. The molecule has 8 aromatic carbocycles. The number of nitrogens with zero attached hydrogens (tertiary/aromatic N) is 2. The third-order valence-electron chi connectivity index (χ3n) is 18.6. The van der Waals surface area contributed by atoms with E-state index in [-0.39, 0.29) is 33.9 Å². The minimum atomic E-state index is -0.180. The van der Waals surface area contributed by atoms with Gasteiger partial charge in [0, 0.05) is 55.0 Å². The lowest BCUT2D eigenvalue weighted by atomic mass is 9.43. The standard InChI is InChI=1S/C66H59BN2O/c1-62(2,3)36-20-22-37(23-21-36)69-54-32-44-42-30-50-51(64(6,7)29-28-63(50,4)5)34-48(42)66(10,11)47(44)31-45(54)39-24-25-41-58-53(26-27-57-59(58)40-17-13-15-19-56(40)70-57)68-55-33-43-38-16-12-14-18-46(38)65(8,9)49(43)35-52(55)67(69)60(39)61(41)68/h12-27,30-35H,28-29H2,1-11H3. The van der Waals surface area contributed by atoms with Gasteiger partial charge in [0.25, 0.3) is 0 Å². The van der Waals surface area contributed by atoms with Crippen molar-refractivity contribution >= 4 is 72.9 Å². The molecule has 0 unspecified atom stereocenters. The SMILES string of the molecule is CC(C)(C)c1ccc(N2B3c4cc5c(cc4-n4c6ccc7oc8ccccc8c7c6c6ccc(c3c64)-c3cc4c(cc32)-c2cc3c(cc2C4(C)C)C(C)(C)CCC3(C)C)-c2ccccc2C5(C)C)cc1. The minimum Gasteiger partial charge on any atom is -0.456 e. The first-order chi connectivity index (χ1) is 33.3. The summed E-state index contributed by atoms with van der Waals surface area (Å²) in [5, 5.41) is 4.90. The summed E-state index contributed by atoms with van der Waals surface area (Å²) in [5.74, 6) is 0. The summed E-state index contributed by atoms with van der Waals surface area (Å²) in [6.07, 6.45) is 2.40. The Morgan fingerprint density at radius 3 is 1.89 bits per heavy atom. The Balaban J connectivity index is 1.10. The molecule has 15 rings (SSSR count). The van der Waals surface area contributed by atoms with Gasteiger partial charge in [0.2, 0.25) is 0 Å². The van der Waals surface area contributed by atoms with Crippen LogP contribution in [-0.4, -0.2) is 11.4 Å². The van der Waals surface area contributed by atoms with Crippen molar-refractivity contribution in [1.82, 2.24) is 4.57 Å². The fraction of sp³-hybridized carbons (Fsp3) is 0.273. The highest BCUT2D eigenvalue weighted by Gasteiger charge is 2.49. The third kappa shape index (κ3) is 4.93. The zero-order valence-electron chi connectivity index (χ0n) is 42.5. The zero-order chi connectivity index (χ0) is 47.9. The molecule has 10 aromatic rings. The Labute approximate surface area is 412 Å². The molecule has 2 aliphatic heterocycles. The van der Waals surface area contributed by atoms with Gasteiger partial charge in [0.15, 0.2) is 0 Å². The van der Waals surface area contributed by atoms with Gasteiger partial charge in [0.05, 0.1) is 11.0 Å². The van der Waals surface area contributed by atoms with Gasteiger partial charge in [-0.3, -0.25) is 0 Å². The second-order valence-corrected chi connectivity index (χ2v) is 25.1. The van der Waals surface area contributed by atoms with Gasteiger partial charge in [-0.2, -0.15) is 0 Å². The van der Waals surface area contributed by atoms with E-state index in [0.29, 0.717) is 0 Å². The molecular formula is C66H59BN2O. The van der Waals surface area contributed by atoms with Gasteiger partial charge < -0.3 is 13.8 Å². The summed E-state index contributed by atoms with van der Waals surface area (Å²) in [5.41, 5.74) is 29.0. The van der Waals surface area contributed by atoms with Crippen molar-refractivity contribution in [3.63, 3.8) is 0 Å². The van der Waals surface area contributed by atoms with E-state index in [1.54, 1.807) is 0 Å². The van der Waals surface area contributed by atoms with E-state index < -0.39 is 0 Å². The van der Waals surface area contributed by atoms with Crippen LogP contribution in [0.1, 0.15) is 128 Å². The molecule has 0 atom stereocenters. The van der Waals surface area contributed by atoms with Crippen LogP contribution < -0.4 is 15.7 Å². The highest BCUT2D eigenvalue weighted by atomic mass is 16.3. The van der Waals surface area contributed by atoms with Crippen LogP contribution in [0.15, 0.2) is 138 Å². The number of benzene rings is 8. The first-order valence-electron chi connectivity index (χ1n) is 25.8. The summed E-state index contributed by atoms with van der Waals surface area (Å²) in [6.45, 7) is 26.6. The second-order valence-electron chi connectivity index (χ2n) is 25.1. The smallest absolute Gasteiger partial charge is 0.333 e. The molecule has 3 nitrogen and oxygen atoms in total. The molecule has 4 heterocycles. The van der Waals surface area contributed by atoms with Crippen LogP contribution in [0.5, 0.6) is 0 Å². The molecule has 5 aliphatic rings. The summed E-state index contributed by atoms with van der Waals surface area (Å²) in [7, 11) is 0. The molecule has 0 radical (unpaired) electrons. The maximum Gasteiger partial charge on any atom is 0.333 e. The normalized spacial score (nSPS) is 17.9. The topological polar surface area (TPSA) is 21.3 Å². The van der Waals surface area contributed by atoms with Crippen molar-refractivity contribution in [3.8, 4) is 39.1 Å². The molecule has 0 spiro atoms. The maximum absolute atomic E-state index is 6.65. The molecule has 0 N–H and O–H groups in total. The van der Waals surface area contributed by atoms with Crippen LogP contribution in [0.3, 0.4) is 0 Å². The fourth-order valence-electron chi connectivity index (χ4n) is 14.6. The quantitative estimate of drug-likeness (QED) is 0.153. The van der Waals surface area contributed by atoms with Gasteiger partial charge in [-0.15, -0.1) is 0 Å². The molecule has 0 amide bonds. The zero-order valence-corrected chi connectivity index (χ0v) is 42.5. The van der Waals surface area contributed by atoms with Crippen molar-refractivity contribution in [3.05, 3.63) is 172 Å². The fourth-order valence-corrected chi connectivity index (χ4v) is 14.6. The van der Waals surface area contributed by atoms with E-state index in [1.807, 2.05) is 0 Å². The molecule has 2 aromatic heterocycles. The second kappa shape index (κ2) is 12.8. The Bertz CT molecular complexity index is 4050. The number of furan rings is 1. The number of anilines is 2. The van der Waals surface area contributed by atoms with Crippen LogP contribution in [0.25, 0.3) is 82.8 Å². The minimum absolute atomic E-state index is 0.0246. The molecule has 70 heavy (non-hydrogen) atoms. The molecule has 0 bridgehead atoms. The van der Waals surface area contributed by atoms with Gasteiger partial charge in [0.1, 0.15) is 11.2 Å². The van der Waals surface area contributed by atoms with Crippen molar-refractivity contribution in [2.24, 2.45) is 0 Å². The maximum atomic E-state index is 6.65. The third-order valence-corrected chi connectivity index (χ3v) is 18.6. The van der Waals surface area contributed by atoms with E-state index in [2.05, 4.69) is 219 Å². The number of aromatic nitrogens is 1. The molecule has 342 valence electrons. The average molecular weight is 907 g/mol. The van der Waals surface area contributed by atoms with E-state index in [4.69, 9.17) is 4.42 Å². The van der Waals surface area contributed by atoms with Gasteiger partial charge in [-0.05, 0) is 161 Å². The lowest BCUT2D eigenvalue weighted by molar-refractivity contribution is 0.331. The molecule has 0 saturated heterocycles. The molecule has 3 aliphatic carbocycles. The van der Waals surface area contributed by atoms with Gasteiger partial charge in [-0.1, -0.05) is 155 Å². The number of hydrogen-bond donors (Lipinski definition) is 0. The average Bonchev–Trinajstić information content (AvgIpc) is 4.01. The predicted molar refractivity (Wildman–Crippen MR) is 296 cm³/mol. The van der Waals surface area contributed by atoms with Crippen LogP contribution in [0.4, 0.5) is 11.4 Å². The molecule has 0 saturated carbocycles. The predicted octanol–water partition coefficient (Wildman–Crippen LogP) is 16.2. The number of rotatable bonds is 1. The summed E-state index contributed by atoms with van der Waals surface area (Å²) >= 11 is 0. The number of hydrogen-bond acceptors (Lipinski definition) is 2. The van der Waals surface area contributed by atoms with Crippen molar-refractivity contribution in [2.75, 3.05) is 4.81 Å². The Hall–Kier alpha value is -6.78. The Morgan fingerprint density at radius 1 is 0.486 bits per heavy atom.